The minimum Gasteiger partial charge on any atom is -0.444 e. The van der Waals surface area contributed by atoms with Gasteiger partial charge in [-0.1, -0.05) is 35.9 Å². The monoisotopic (exact) mass is 606 g/mol. The topological polar surface area (TPSA) is 134 Å². The lowest BCUT2D eigenvalue weighted by Crippen LogP contribution is -2.32. The zero-order chi connectivity index (χ0) is 31.3. The second kappa shape index (κ2) is 11.0. The zero-order valence-corrected chi connectivity index (χ0v) is 25.8. The summed E-state index contributed by atoms with van der Waals surface area (Å²) in [6.45, 7) is 10.4. The number of benzene rings is 2. The first-order valence-electron chi connectivity index (χ1n) is 14.0. The summed E-state index contributed by atoms with van der Waals surface area (Å²) in [5, 5.41) is 2.60. The summed E-state index contributed by atoms with van der Waals surface area (Å²) in [5.41, 5.74) is 1.04. The van der Waals surface area contributed by atoms with Gasteiger partial charge in [0.2, 0.25) is 0 Å². The van der Waals surface area contributed by atoms with E-state index in [1.807, 2.05) is 19.1 Å². The normalized spacial score (nSPS) is 13.6. The Bertz CT molecular complexity index is 1960. The van der Waals surface area contributed by atoms with E-state index in [-0.39, 0.29) is 39.8 Å². The van der Waals surface area contributed by atoms with Crippen LogP contribution in [0.1, 0.15) is 62.0 Å². The Morgan fingerprint density at radius 1 is 1.05 bits per heavy atom. The van der Waals surface area contributed by atoms with Gasteiger partial charge in [0.1, 0.15) is 15.9 Å². The summed E-state index contributed by atoms with van der Waals surface area (Å²) >= 11 is 0. The molecule has 2 heterocycles. The first-order valence-corrected chi connectivity index (χ1v) is 15.4. The summed E-state index contributed by atoms with van der Waals surface area (Å²) in [5.74, 6) is -0.352. The van der Waals surface area contributed by atoms with Gasteiger partial charge in [-0.05, 0) is 83.7 Å². The van der Waals surface area contributed by atoms with Gasteiger partial charge in [0, 0.05) is 23.8 Å². The minimum absolute atomic E-state index is 0.0682. The summed E-state index contributed by atoms with van der Waals surface area (Å²) in [6.07, 6.45) is 0.984. The third kappa shape index (κ3) is 6.22. The number of fused-ring (bicyclic) bond motifs is 1. The largest absolute Gasteiger partial charge is 0.444 e. The van der Waals surface area contributed by atoms with Gasteiger partial charge in [-0.3, -0.25) is 4.79 Å². The van der Waals surface area contributed by atoms with Gasteiger partial charge in [0.15, 0.2) is 11.3 Å². The van der Waals surface area contributed by atoms with Crippen molar-refractivity contribution in [2.75, 3.05) is 0 Å². The molecule has 43 heavy (non-hydrogen) atoms. The highest BCUT2D eigenvalue weighted by Gasteiger charge is 2.33. The summed E-state index contributed by atoms with van der Waals surface area (Å²) in [6, 6.07) is 13.2. The summed E-state index contributed by atoms with van der Waals surface area (Å²) < 4.78 is 44.9. The fourth-order valence-corrected chi connectivity index (χ4v) is 5.93. The van der Waals surface area contributed by atoms with E-state index in [1.165, 1.54) is 19.1 Å². The van der Waals surface area contributed by atoms with E-state index in [1.54, 1.807) is 56.5 Å². The van der Waals surface area contributed by atoms with Crippen molar-refractivity contribution in [2.45, 2.75) is 77.5 Å². The van der Waals surface area contributed by atoms with Gasteiger partial charge in [-0.15, -0.1) is 0 Å². The van der Waals surface area contributed by atoms with Crippen molar-refractivity contribution in [2.24, 2.45) is 0 Å². The van der Waals surface area contributed by atoms with Crippen molar-refractivity contribution in [3.05, 3.63) is 91.7 Å². The van der Waals surface area contributed by atoms with Crippen LogP contribution in [0.2, 0.25) is 0 Å². The number of hydrogen-bond acceptors (Lipinski definition) is 8. The SMILES string of the molecule is Cc1ccc(S(=O)(=O)Oc2c(C)c(=O)oc3c(-c4cccc(CNC(=O)OC(C)(C)C)c4)c(C)n(C4CC4)c(=O)c23)cc1. The van der Waals surface area contributed by atoms with Crippen LogP contribution < -0.4 is 20.7 Å². The molecule has 2 aromatic heterocycles. The maximum atomic E-state index is 14.0. The number of carbonyl (C=O) groups is 1. The maximum Gasteiger partial charge on any atom is 0.407 e. The molecule has 226 valence electrons. The van der Waals surface area contributed by atoms with Crippen LogP contribution in [-0.4, -0.2) is 24.7 Å². The third-order valence-electron chi connectivity index (χ3n) is 7.14. The molecule has 0 unspecified atom stereocenters. The first-order chi connectivity index (χ1) is 20.2. The third-order valence-corrected chi connectivity index (χ3v) is 8.38. The summed E-state index contributed by atoms with van der Waals surface area (Å²) in [4.78, 5) is 39.2. The number of rotatable bonds is 7. The van der Waals surface area contributed by atoms with Gasteiger partial charge < -0.3 is 23.2 Å². The van der Waals surface area contributed by atoms with E-state index in [4.69, 9.17) is 13.3 Å². The average molecular weight is 607 g/mol. The van der Waals surface area contributed by atoms with Crippen molar-refractivity contribution in [3.8, 4) is 16.9 Å². The Kier molecular flexibility index (Phi) is 7.72. The highest BCUT2D eigenvalue weighted by molar-refractivity contribution is 7.87. The van der Waals surface area contributed by atoms with Gasteiger partial charge in [-0.25, -0.2) is 9.59 Å². The summed E-state index contributed by atoms with van der Waals surface area (Å²) in [7, 11) is -4.40. The standard InChI is InChI=1S/C32H34N2O8S/c1-18-10-14-24(15-11-18)43(38,39)42-27-19(2)30(36)40-28-25(20(3)34(23-12-13-23)29(35)26(27)28)22-9-7-8-21(16-22)17-33-31(37)41-32(4,5)6/h7-11,14-16,23H,12-13,17H2,1-6H3,(H,33,37). The Morgan fingerprint density at radius 2 is 1.72 bits per heavy atom. The van der Waals surface area contributed by atoms with Crippen molar-refractivity contribution >= 4 is 27.2 Å². The molecule has 1 fully saturated rings. The van der Waals surface area contributed by atoms with Crippen LogP contribution in [0.4, 0.5) is 4.79 Å². The van der Waals surface area contributed by atoms with Gasteiger partial charge in [-0.2, -0.15) is 8.42 Å². The second-order valence-corrected chi connectivity index (χ2v) is 13.4. The van der Waals surface area contributed by atoms with Crippen LogP contribution >= 0.6 is 0 Å². The highest BCUT2D eigenvalue weighted by Crippen LogP contribution is 2.41. The predicted molar refractivity (Wildman–Crippen MR) is 162 cm³/mol. The number of carbonyl (C=O) groups excluding carboxylic acids is 1. The van der Waals surface area contributed by atoms with Crippen molar-refractivity contribution in [1.29, 1.82) is 0 Å². The van der Waals surface area contributed by atoms with Crippen LogP contribution in [0.15, 0.2) is 67.4 Å². The number of amides is 1. The molecule has 0 spiro atoms. The fourth-order valence-electron chi connectivity index (χ4n) is 4.94. The first kappa shape index (κ1) is 30.1. The smallest absolute Gasteiger partial charge is 0.407 e. The van der Waals surface area contributed by atoms with Crippen LogP contribution in [0.3, 0.4) is 0 Å². The molecule has 5 rings (SSSR count). The number of hydrogen-bond donors (Lipinski definition) is 1. The van der Waals surface area contributed by atoms with E-state index in [0.717, 1.165) is 24.0 Å². The molecule has 0 radical (unpaired) electrons. The van der Waals surface area contributed by atoms with Gasteiger partial charge in [0.25, 0.3) is 5.56 Å². The number of alkyl carbamates (subject to hydrolysis) is 1. The molecule has 2 aromatic carbocycles. The van der Waals surface area contributed by atoms with E-state index < -0.39 is 33.0 Å². The van der Waals surface area contributed by atoms with Crippen molar-refractivity contribution < 1.29 is 26.5 Å². The lowest BCUT2D eigenvalue weighted by atomic mass is 9.98. The minimum atomic E-state index is -4.40. The number of aromatic nitrogens is 1. The predicted octanol–water partition coefficient (Wildman–Crippen LogP) is 5.67. The molecule has 1 N–H and O–H groups in total. The van der Waals surface area contributed by atoms with Crippen LogP contribution in [-0.2, 0) is 21.4 Å². The Balaban J connectivity index is 1.68. The van der Waals surface area contributed by atoms with E-state index in [2.05, 4.69) is 5.32 Å². The number of nitrogens with one attached hydrogen (secondary N) is 1. The second-order valence-electron chi connectivity index (χ2n) is 11.8. The van der Waals surface area contributed by atoms with E-state index in [0.29, 0.717) is 16.8 Å². The maximum absolute atomic E-state index is 14.0. The average Bonchev–Trinajstić information content (AvgIpc) is 3.75. The molecule has 0 bridgehead atoms. The highest BCUT2D eigenvalue weighted by atomic mass is 32.2. The van der Waals surface area contributed by atoms with Crippen LogP contribution in [0.25, 0.3) is 22.1 Å². The van der Waals surface area contributed by atoms with Crippen molar-refractivity contribution in [3.63, 3.8) is 0 Å². The van der Waals surface area contributed by atoms with E-state index in [9.17, 15) is 22.8 Å². The molecule has 0 aliphatic heterocycles. The molecular weight excluding hydrogens is 572 g/mol. The molecule has 1 aliphatic carbocycles. The fraction of sp³-hybridized carbons (Fsp3) is 0.344. The lowest BCUT2D eigenvalue weighted by Gasteiger charge is -2.20. The number of pyridine rings is 1. The van der Waals surface area contributed by atoms with E-state index >= 15 is 0 Å². The van der Waals surface area contributed by atoms with Gasteiger partial charge in [0.05, 0.1) is 5.56 Å². The number of aryl methyl sites for hydroxylation is 1. The Morgan fingerprint density at radius 3 is 2.35 bits per heavy atom. The Labute approximate surface area is 249 Å². The van der Waals surface area contributed by atoms with Crippen molar-refractivity contribution in [1.82, 2.24) is 9.88 Å². The molecule has 1 aliphatic rings. The van der Waals surface area contributed by atoms with Gasteiger partial charge >= 0.3 is 21.8 Å². The quantitative estimate of drug-likeness (QED) is 0.266. The van der Waals surface area contributed by atoms with Crippen LogP contribution in [0, 0.1) is 20.8 Å². The zero-order valence-electron chi connectivity index (χ0n) is 24.9. The number of nitrogens with zero attached hydrogens (tertiary/aromatic N) is 1. The molecule has 4 aromatic rings. The molecule has 0 saturated heterocycles. The molecule has 11 heteroatoms. The number of ether oxygens (including phenoxy) is 1. The van der Waals surface area contributed by atoms with Crippen LogP contribution in [0.5, 0.6) is 5.75 Å². The molecule has 1 saturated carbocycles. The molecular formula is C32H34N2O8S. The molecule has 0 atom stereocenters. The Hall–Kier alpha value is -4.38. The molecule has 10 nitrogen and oxygen atoms in total. The molecule has 1 amide bonds. The lowest BCUT2D eigenvalue weighted by molar-refractivity contribution is 0.0523.